The molecule has 0 aromatic carbocycles. The van der Waals surface area contributed by atoms with Crippen LogP contribution in [0.1, 0.15) is 0 Å². The van der Waals surface area contributed by atoms with Gasteiger partial charge in [-0.2, -0.15) is 5.26 Å². The number of amides is 3. The van der Waals surface area contributed by atoms with Crippen LogP contribution in [0.25, 0.3) is 0 Å². The molecule has 2 fully saturated rings. The predicted molar refractivity (Wildman–Crippen MR) is 80.7 cm³/mol. The lowest BCUT2D eigenvalue weighted by Gasteiger charge is -2.27. The van der Waals surface area contributed by atoms with Gasteiger partial charge in [0.15, 0.2) is 0 Å². The normalized spacial score (nSPS) is 19.3. The zero-order valence-corrected chi connectivity index (χ0v) is 12.8. The number of imide groups is 1. The number of nitrogens with one attached hydrogen (secondary N) is 2. The number of nitriles is 1. The molecule has 0 aliphatic carbocycles. The second kappa shape index (κ2) is 7.82. The number of rotatable bonds is 5. The maximum absolute atomic E-state index is 12.1. The minimum Gasteiger partial charge on any atom is -0.388 e. The maximum Gasteiger partial charge on any atom is 0.288 e. The van der Waals surface area contributed by atoms with Crippen LogP contribution < -0.4 is 10.6 Å². The Balaban J connectivity index is 1.82. The molecule has 2 aliphatic rings. The molecule has 2 rings (SSSR count). The number of nitrogens with zero attached hydrogens (tertiary/aromatic N) is 3. The average Bonchev–Trinajstić information content (AvgIpc) is 2.87. The molecule has 2 heterocycles. The molecule has 9 heteroatoms. The third-order valence-corrected chi connectivity index (χ3v) is 4.18. The molecule has 3 amide bonds. The summed E-state index contributed by atoms with van der Waals surface area (Å²) in [6, 6.07) is 1.88. The molecule has 2 saturated heterocycles. The highest BCUT2D eigenvalue weighted by atomic mass is 32.2. The molecular formula is C13H17N5O3S. The van der Waals surface area contributed by atoms with Gasteiger partial charge in [0, 0.05) is 45.5 Å². The van der Waals surface area contributed by atoms with Crippen molar-refractivity contribution in [1.82, 2.24) is 20.4 Å². The lowest BCUT2D eigenvalue weighted by molar-refractivity contribution is -0.127. The fraction of sp³-hybridized carbons (Fsp3) is 0.538. The first kappa shape index (κ1) is 16.3. The Labute approximate surface area is 132 Å². The van der Waals surface area contributed by atoms with E-state index in [-0.39, 0.29) is 34.9 Å². The van der Waals surface area contributed by atoms with Crippen LogP contribution in [-0.2, 0) is 9.59 Å². The Morgan fingerprint density at radius 1 is 1.41 bits per heavy atom. The minimum atomic E-state index is -0.305. The number of hydrogen-bond acceptors (Lipinski definition) is 7. The van der Waals surface area contributed by atoms with Crippen LogP contribution in [0.15, 0.2) is 11.8 Å². The van der Waals surface area contributed by atoms with Gasteiger partial charge >= 0.3 is 0 Å². The van der Waals surface area contributed by atoms with Crippen molar-refractivity contribution >= 4 is 28.8 Å². The fourth-order valence-corrected chi connectivity index (χ4v) is 2.88. The number of carbonyl (C=O) groups excluding carboxylic acids is 3. The molecule has 8 nitrogen and oxygen atoms in total. The van der Waals surface area contributed by atoms with Crippen LogP contribution in [0.4, 0.5) is 4.79 Å². The molecule has 0 radical (unpaired) electrons. The summed E-state index contributed by atoms with van der Waals surface area (Å²) in [5.41, 5.74) is 0.0235. The first-order chi connectivity index (χ1) is 10.6. The van der Waals surface area contributed by atoms with Crippen LogP contribution in [0.3, 0.4) is 0 Å². The summed E-state index contributed by atoms with van der Waals surface area (Å²) in [4.78, 5) is 37.7. The van der Waals surface area contributed by atoms with Crippen LogP contribution in [0.5, 0.6) is 0 Å². The van der Waals surface area contributed by atoms with Crippen molar-refractivity contribution in [2.75, 3.05) is 45.0 Å². The van der Waals surface area contributed by atoms with Crippen LogP contribution in [0.2, 0.25) is 0 Å². The van der Waals surface area contributed by atoms with E-state index in [0.717, 1.165) is 16.7 Å². The van der Waals surface area contributed by atoms with Crippen LogP contribution in [-0.4, -0.2) is 71.9 Å². The summed E-state index contributed by atoms with van der Waals surface area (Å²) < 4.78 is 0. The second-order valence-corrected chi connectivity index (χ2v) is 5.69. The SMILES string of the molecule is N#C/C(=C/NCCN1C(=O)CSC1=O)C(=O)N1CCNCC1. The highest BCUT2D eigenvalue weighted by Gasteiger charge is 2.29. The van der Waals surface area contributed by atoms with E-state index in [1.165, 1.54) is 6.20 Å². The number of hydrogen-bond donors (Lipinski definition) is 2. The summed E-state index contributed by atoms with van der Waals surface area (Å²) in [6.07, 6.45) is 1.35. The van der Waals surface area contributed by atoms with E-state index in [2.05, 4.69) is 10.6 Å². The standard InChI is InChI=1S/C13H17N5O3S/c14-7-10(12(20)17-4-1-15-2-5-17)8-16-3-6-18-11(19)9-22-13(18)21/h8,15-16H,1-6,9H2/b10-8-. The number of piperazine rings is 1. The van der Waals surface area contributed by atoms with Crippen molar-refractivity contribution in [1.29, 1.82) is 5.26 Å². The highest BCUT2D eigenvalue weighted by Crippen LogP contribution is 2.17. The zero-order valence-electron chi connectivity index (χ0n) is 12.0. The topological polar surface area (TPSA) is 106 Å². The lowest BCUT2D eigenvalue weighted by Crippen LogP contribution is -2.47. The van der Waals surface area contributed by atoms with Crippen molar-refractivity contribution in [3.63, 3.8) is 0 Å². The summed E-state index contributed by atoms with van der Waals surface area (Å²) >= 11 is 0.981. The monoisotopic (exact) mass is 323 g/mol. The van der Waals surface area contributed by atoms with E-state index >= 15 is 0 Å². The zero-order chi connectivity index (χ0) is 15.9. The molecule has 0 aromatic heterocycles. The third kappa shape index (κ3) is 3.99. The molecular weight excluding hydrogens is 306 g/mol. The summed E-state index contributed by atoms with van der Waals surface area (Å²) in [7, 11) is 0. The van der Waals surface area contributed by atoms with Gasteiger partial charge in [0.2, 0.25) is 5.91 Å². The quantitative estimate of drug-likeness (QED) is 0.384. The number of thioether (sulfide) groups is 1. The smallest absolute Gasteiger partial charge is 0.288 e. The molecule has 118 valence electrons. The lowest BCUT2D eigenvalue weighted by atomic mass is 10.2. The minimum absolute atomic E-state index is 0.0235. The Bertz CT molecular complexity index is 520. The van der Waals surface area contributed by atoms with E-state index in [0.29, 0.717) is 32.7 Å². The van der Waals surface area contributed by atoms with Crippen molar-refractivity contribution in [2.24, 2.45) is 0 Å². The van der Waals surface area contributed by atoms with Crippen LogP contribution in [0, 0.1) is 11.3 Å². The first-order valence-corrected chi connectivity index (χ1v) is 7.93. The molecule has 0 bridgehead atoms. The Morgan fingerprint density at radius 3 is 2.73 bits per heavy atom. The van der Waals surface area contributed by atoms with Crippen LogP contribution >= 0.6 is 11.8 Å². The van der Waals surface area contributed by atoms with Crippen molar-refractivity contribution in [2.45, 2.75) is 0 Å². The summed E-state index contributed by atoms with van der Waals surface area (Å²) in [5.74, 6) is -0.335. The first-order valence-electron chi connectivity index (χ1n) is 6.94. The molecule has 22 heavy (non-hydrogen) atoms. The van der Waals surface area contributed by atoms with Gasteiger partial charge in [0.05, 0.1) is 5.75 Å². The van der Waals surface area contributed by atoms with E-state index < -0.39 is 0 Å². The molecule has 0 unspecified atom stereocenters. The van der Waals surface area contributed by atoms with Gasteiger partial charge in [-0.3, -0.25) is 19.3 Å². The maximum atomic E-state index is 12.1. The molecule has 0 saturated carbocycles. The van der Waals surface area contributed by atoms with Gasteiger partial charge in [0.25, 0.3) is 11.1 Å². The van der Waals surface area contributed by atoms with Gasteiger partial charge < -0.3 is 15.5 Å². The fourth-order valence-electron chi connectivity index (χ4n) is 2.13. The largest absolute Gasteiger partial charge is 0.388 e. The van der Waals surface area contributed by atoms with Gasteiger partial charge in [-0.05, 0) is 0 Å². The molecule has 0 aromatic rings. The molecule has 2 aliphatic heterocycles. The summed E-state index contributed by atoms with van der Waals surface area (Å²) in [6.45, 7) is 3.11. The van der Waals surface area contributed by atoms with Gasteiger partial charge in [-0.25, -0.2) is 0 Å². The number of carbonyl (C=O) groups is 3. The molecule has 0 atom stereocenters. The van der Waals surface area contributed by atoms with Gasteiger partial charge in [-0.15, -0.1) is 0 Å². The Morgan fingerprint density at radius 2 is 2.14 bits per heavy atom. The molecule has 0 spiro atoms. The van der Waals surface area contributed by atoms with E-state index in [9.17, 15) is 14.4 Å². The highest BCUT2D eigenvalue weighted by molar-refractivity contribution is 8.14. The van der Waals surface area contributed by atoms with Crippen molar-refractivity contribution < 1.29 is 14.4 Å². The van der Waals surface area contributed by atoms with E-state index in [4.69, 9.17) is 5.26 Å². The van der Waals surface area contributed by atoms with E-state index in [1.807, 2.05) is 6.07 Å². The summed E-state index contributed by atoms with van der Waals surface area (Å²) in [5, 5.41) is 14.8. The van der Waals surface area contributed by atoms with Crippen molar-refractivity contribution in [3.05, 3.63) is 11.8 Å². The Kier molecular flexibility index (Phi) is 5.80. The molecule has 2 N–H and O–H groups in total. The average molecular weight is 323 g/mol. The van der Waals surface area contributed by atoms with E-state index in [1.54, 1.807) is 4.90 Å². The van der Waals surface area contributed by atoms with Gasteiger partial charge in [0.1, 0.15) is 11.6 Å². The van der Waals surface area contributed by atoms with Gasteiger partial charge in [-0.1, -0.05) is 11.8 Å². The predicted octanol–water partition coefficient (Wildman–Crippen LogP) is -0.889. The Hall–Kier alpha value is -2.05. The van der Waals surface area contributed by atoms with Crippen molar-refractivity contribution in [3.8, 4) is 6.07 Å². The second-order valence-electron chi connectivity index (χ2n) is 4.77. The third-order valence-electron chi connectivity index (χ3n) is 3.32.